The van der Waals surface area contributed by atoms with Gasteiger partial charge in [-0.25, -0.2) is 14.5 Å². The fourth-order valence-electron chi connectivity index (χ4n) is 3.50. The van der Waals surface area contributed by atoms with Crippen LogP contribution in [0.5, 0.6) is 0 Å². The van der Waals surface area contributed by atoms with Crippen molar-refractivity contribution in [1.29, 1.82) is 5.26 Å². The van der Waals surface area contributed by atoms with Crippen LogP contribution < -0.4 is 5.73 Å². The lowest BCUT2D eigenvalue weighted by atomic mass is 10.2. The SMILES string of the molecule is CSc1nn2c(-c3cccs3)c(C#N)c(N)nc2c1-c1nc2ccccc2n1C. The summed E-state index contributed by atoms with van der Waals surface area (Å²) in [5.74, 6) is 0.954. The molecule has 0 saturated heterocycles. The smallest absolute Gasteiger partial charge is 0.170 e. The molecule has 0 aliphatic heterocycles. The number of para-hydroxylation sites is 2. The number of anilines is 1. The number of thioether (sulfide) groups is 1. The van der Waals surface area contributed by atoms with E-state index in [9.17, 15) is 5.26 Å². The molecule has 29 heavy (non-hydrogen) atoms. The number of hydrogen-bond acceptors (Lipinski definition) is 7. The minimum Gasteiger partial charge on any atom is -0.382 e. The first-order chi connectivity index (χ1) is 14.1. The topological polar surface area (TPSA) is 97.8 Å². The first-order valence-corrected chi connectivity index (χ1v) is 10.9. The monoisotopic (exact) mass is 417 g/mol. The van der Waals surface area contributed by atoms with Gasteiger partial charge in [0.05, 0.1) is 21.5 Å². The molecule has 0 atom stereocenters. The molecule has 0 radical (unpaired) electrons. The van der Waals surface area contributed by atoms with Gasteiger partial charge in [-0.2, -0.15) is 10.4 Å². The standard InChI is InChI=1S/C20H15N7S2/c1-26-13-7-4-3-6-12(13)23-18(26)15-19-24-17(22)11(10-21)16(14-8-5-9-29-14)27(19)25-20(15)28-2/h3-9H,1-2H3,(H2,22,24). The van der Waals surface area contributed by atoms with Crippen LogP contribution in [0.4, 0.5) is 5.82 Å². The van der Waals surface area contributed by atoms with Crippen LogP contribution in [0.15, 0.2) is 46.8 Å². The summed E-state index contributed by atoms with van der Waals surface area (Å²) in [4.78, 5) is 10.3. The number of nitriles is 1. The Labute approximate surface area is 174 Å². The van der Waals surface area contributed by atoms with Crippen molar-refractivity contribution in [3.63, 3.8) is 0 Å². The summed E-state index contributed by atoms with van der Waals surface area (Å²) >= 11 is 3.05. The van der Waals surface area contributed by atoms with Crippen LogP contribution in [0.3, 0.4) is 0 Å². The number of nitrogen functional groups attached to an aromatic ring is 1. The second-order valence-electron chi connectivity index (χ2n) is 6.41. The van der Waals surface area contributed by atoms with E-state index in [-0.39, 0.29) is 5.82 Å². The molecule has 9 heteroatoms. The zero-order valence-electron chi connectivity index (χ0n) is 15.6. The second-order valence-corrected chi connectivity index (χ2v) is 8.16. The second kappa shape index (κ2) is 6.62. The van der Waals surface area contributed by atoms with Crippen LogP contribution in [0.2, 0.25) is 0 Å². The lowest BCUT2D eigenvalue weighted by Crippen LogP contribution is -2.05. The zero-order chi connectivity index (χ0) is 20.1. The summed E-state index contributed by atoms with van der Waals surface area (Å²) in [6, 6.07) is 14.1. The van der Waals surface area contributed by atoms with Crippen molar-refractivity contribution < 1.29 is 0 Å². The molecule has 0 fully saturated rings. The van der Waals surface area contributed by atoms with Crippen LogP contribution in [0, 0.1) is 11.3 Å². The molecule has 4 aromatic heterocycles. The average molecular weight is 418 g/mol. The van der Waals surface area contributed by atoms with Gasteiger partial charge in [0.2, 0.25) is 0 Å². The molecule has 5 aromatic rings. The van der Waals surface area contributed by atoms with Crippen molar-refractivity contribution in [2.75, 3.05) is 12.0 Å². The quantitative estimate of drug-likeness (QED) is 0.442. The zero-order valence-corrected chi connectivity index (χ0v) is 17.3. The van der Waals surface area contributed by atoms with E-state index < -0.39 is 0 Å². The summed E-state index contributed by atoms with van der Waals surface area (Å²) in [7, 11) is 1.98. The number of benzene rings is 1. The Morgan fingerprint density at radius 3 is 2.69 bits per heavy atom. The molecule has 142 valence electrons. The molecule has 1 aromatic carbocycles. The molecule has 0 spiro atoms. The molecule has 0 aliphatic rings. The maximum absolute atomic E-state index is 9.72. The van der Waals surface area contributed by atoms with E-state index in [2.05, 4.69) is 11.1 Å². The summed E-state index contributed by atoms with van der Waals surface area (Å²) in [5.41, 5.74) is 10.5. The van der Waals surface area contributed by atoms with Crippen molar-refractivity contribution in [3.05, 3.63) is 47.3 Å². The predicted octanol–water partition coefficient (Wildman–Crippen LogP) is 4.19. The van der Waals surface area contributed by atoms with Crippen LogP contribution in [0.1, 0.15) is 5.56 Å². The molecule has 5 rings (SSSR count). The van der Waals surface area contributed by atoms with Gasteiger partial charge in [-0.3, -0.25) is 0 Å². The normalized spacial score (nSPS) is 11.3. The molecule has 4 heterocycles. The summed E-state index contributed by atoms with van der Waals surface area (Å²) in [6.45, 7) is 0. The number of nitrogens with two attached hydrogens (primary N) is 1. The number of rotatable bonds is 3. The summed E-state index contributed by atoms with van der Waals surface area (Å²) in [5, 5.41) is 17.3. The van der Waals surface area contributed by atoms with E-state index in [1.807, 2.05) is 59.6 Å². The van der Waals surface area contributed by atoms with E-state index in [0.29, 0.717) is 16.9 Å². The van der Waals surface area contributed by atoms with Crippen molar-refractivity contribution in [2.24, 2.45) is 7.05 Å². The third-order valence-corrected chi connectivity index (χ3v) is 6.38. The fourth-order valence-corrected chi connectivity index (χ4v) is 4.82. The Kier molecular flexibility index (Phi) is 4.04. The maximum atomic E-state index is 9.72. The first-order valence-electron chi connectivity index (χ1n) is 8.76. The number of imidazole rings is 1. The van der Waals surface area contributed by atoms with Crippen molar-refractivity contribution in [2.45, 2.75) is 5.03 Å². The number of hydrogen-bond donors (Lipinski definition) is 1. The predicted molar refractivity (Wildman–Crippen MR) is 117 cm³/mol. The van der Waals surface area contributed by atoms with Gasteiger partial charge in [-0.05, 0) is 29.8 Å². The highest BCUT2D eigenvalue weighted by molar-refractivity contribution is 7.98. The lowest BCUT2D eigenvalue weighted by Gasteiger charge is -2.08. The Bertz CT molecular complexity index is 1420. The third kappa shape index (κ3) is 2.53. The molecule has 0 amide bonds. The molecule has 7 nitrogen and oxygen atoms in total. The number of aryl methyl sites for hydroxylation is 1. The van der Waals surface area contributed by atoms with Crippen LogP contribution in [-0.4, -0.2) is 30.4 Å². The molecule has 0 unspecified atom stereocenters. The van der Waals surface area contributed by atoms with Gasteiger partial charge in [0.25, 0.3) is 0 Å². The largest absolute Gasteiger partial charge is 0.382 e. The van der Waals surface area contributed by atoms with Gasteiger partial charge in [0.1, 0.15) is 34.0 Å². The van der Waals surface area contributed by atoms with E-state index in [1.54, 1.807) is 4.52 Å². The van der Waals surface area contributed by atoms with Gasteiger partial charge < -0.3 is 10.3 Å². The van der Waals surface area contributed by atoms with Crippen LogP contribution >= 0.6 is 23.1 Å². The van der Waals surface area contributed by atoms with E-state index in [4.69, 9.17) is 15.8 Å². The molecular weight excluding hydrogens is 402 g/mol. The van der Waals surface area contributed by atoms with Gasteiger partial charge in [-0.1, -0.05) is 18.2 Å². The van der Waals surface area contributed by atoms with Crippen molar-refractivity contribution in [1.82, 2.24) is 24.1 Å². The summed E-state index contributed by atoms with van der Waals surface area (Å²) < 4.78 is 3.76. The molecule has 2 N–H and O–H groups in total. The molecule has 0 aliphatic carbocycles. The Hall–Kier alpha value is -3.35. The first kappa shape index (κ1) is 17.7. The van der Waals surface area contributed by atoms with Gasteiger partial charge in [-0.15, -0.1) is 23.1 Å². The highest BCUT2D eigenvalue weighted by Gasteiger charge is 2.25. The van der Waals surface area contributed by atoms with E-state index >= 15 is 0 Å². The highest BCUT2D eigenvalue weighted by atomic mass is 32.2. The van der Waals surface area contributed by atoms with Gasteiger partial charge >= 0.3 is 0 Å². The van der Waals surface area contributed by atoms with E-state index in [0.717, 1.165) is 32.3 Å². The Morgan fingerprint density at radius 1 is 1.17 bits per heavy atom. The number of thiophene rings is 1. The minimum absolute atomic E-state index is 0.191. The molecule has 0 saturated carbocycles. The highest BCUT2D eigenvalue weighted by Crippen LogP contribution is 2.38. The lowest BCUT2D eigenvalue weighted by molar-refractivity contribution is 0.895. The number of nitrogens with zero attached hydrogens (tertiary/aromatic N) is 6. The fraction of sp³-hybridized carbons (Fsp3) is 0.100. The Balaban J connectivity index is 1.92. The average Bonchev–Trinajstić information content (AvgIpc) is 3.45. The van der Waals surface area contributed by atoms with Crippen LogP contribution in [0.25, 0.3) is 38.6 Å². The number of aromatic nitrogens is 5. The van der Waals surface area contributed by atoms with Crippen molar-refractivity contribution in [3.8, 4) is 28.0 Å². The summed E-state index contributed by atoms with van der Waals surface area (Å²) in [6.07, 6.45) is 1.97. The Morgan fingerprint density at radius 2 is 2.00 bits per heavy atom. The van der Waals surface area contributed by atoms with Gasteiger partial charge in [0.15, 0.2) is 5.65 Å². The maximum Gasteiger partial charge on any atom is 0.170 e. The van der Waals surface area contributed by atoms with E-state index in [1.165, 1.54) is 23.1 Å². The van der Waals surface area contributed by atoms with Gasteiger partial charge in [0, 0.05) is 7.05 Å². The minimum atomic E-state index is 0.191. The molecular formula is C20H15N7S2. The van der Waals surface area contributed by atoms with Crippen molar-refractivity contribution >= 4 is 45.6 Å². The number of fused-ring (bicyclic) bond motifs is 2. The molecule has 0 bridgehead atoms. The van der Waals surface area contributed by atoms with Crippen LogP contribution in [-0.2, 0) is 7.05 Å². The third-order valence-electron chi connectivity index (χ3n) is 4.83.